The number of nitriles is 1. The van der Waals surface area contributed by atoms with Gasteiger partial charge in [0.15, 0.2) is 11.5 Å². The number of fused-ring (bicyclic) bond motifs is 1. The van der Waals surface area contributed by atoms with E-state index in [2.05, 4.69) is 5.10 Å². The van der Waals surface area contributed by atoms with Gasteiger partial charge in [-0.25, -0.2) is 4.68 Å². The Morgan fingerprint density at radius 3 is 2.84 bits per heavy atom. The standard InChI is InChI=1S/C18H18ClN3O3/c1-11-12(2)21-22(18(23)14(11)10-20)5-4-13-8-15(19)17-16(9-13)24-6-3-7-25-17/h8-9H,3-7H2,1-2H3. The first-order valence-corrected chi connectivity index (χ1v) is 8.45. The van der Waals surface area contributed by atoms with E-state index in [9.17, 15) is 10.1 Å². The first-order chi connectivity index (χ1) is 12.0. The monoisotopic (exact) mass is 359 g/mol. The summed E-state index contributed by atoms with van der Waals surface area (Å²) in [6, 6.07) is 5.66. The molecule has 0 atom stereocenters. The summed E-state index contributed by atoms with van der Waals surface area (Å²) in [6.07, 6.45) is 1.34. The van der Waals surface area contributed by atoms with Gasteiger partial charge in [0.1, 0.15) is 11.6 Å². The highest BCUT2D eigenvalue weighted by Crippen LogP contribution is 2.38. The van der Waals surface area contributed by atoms with Crippen LogP contribution in [0.2, 0.25) is 5.02 Å². The van der Waals surface area contributed by atoms with Gasteiger partial charge in [0.05, 0.1) is 23.9 Å². The van der Waals surface area contributed by atoms with E-state index in [-0.39, 0.29) is 11.1 Å². The van der Waals surface area contributed by atoms with Crippen LogP contribution < -0.4 is 15.0 Å². The Morgan fingerprint density at radius 2 is 2.08 bits per heavy atom. The van der Waals surface area contributed by atoms with E-state index < -0.39 is 0 Å². The molecule has 0 amide bonds. The fourth-order valence-electron chi connectivity index (χ4n) is 2.72. The van der Waals surface area contributed by atoms with Crippen LogP contribution in [0.3, 0.4) is 0 Å². The van der Waals surface area contributed by atoms with Crippen molar-refractivity contribution < 1.29 is 9.47 Å². The lowest BCUT2D eigenvalue weighted by Crippen LogP contribution is -2.28. The number of hydrogen-bond acceptors (Lipinski definition) is 5. The molecule has 0 aliphatic carbocycles. The zero-order chi connectivity index (χ0) is 18.0. The van der Waals surface area contributed by atoms with Crippen LogP contribution in [-0.4, -0.2) is 23.0 Å². The highest BCUT2D eigenvalue weighted by Gasteiger charge is 2.16. The highest BCUT2D eigenvalue weighted by atomic mass is 35.5. The van der Waals surface area contributed by atoms with Gasteiger partial charge >= 0.3 is 0 Å². The second-order valence-corrected chi connectivity index (χ2v) is 6.34. The van der Waals surface area contributed by atoms with Crippen molar-refractivity contribution in [2.75, 3.05) is 13.2 Å². The van der Waals surface area contributed by atoms with Gasteiger partial charge in [0.25, 0.3) is 5.56 Å². The predicted octanol–water partition coefficient (Wildman–Crippen LogP) is 2.79. The fourth-order valence-corrected chi connectivity index (χ4v) is 3.01. The molecule has 2 heterocycles. The van der Waals surface area contributed by atoms with Gasteiger partial charge in [-0.05, 0) is 43.5 Å². The third-order valence-electron chi connectivity index (χ3n) is 4.22. The number of benzene rings is 1. The quantitative estimate of drug-likeness (QED) is 0.842. The van der Waals surface area contributed by atoms with Gasteiger partial charge in [0.2, 0.25) is 0 Å². The molecule has 0 bridgehead atoms. The number of halogens is 1. The van der Waals surface area contributed by atoms with Crippen molar-refractivity contribution in [2.45, 2.75) is 33.2 Å². The average molecular weight is 360 g/mol. The SMILES string of the molecule is Cc1nn(CCc2cc(Cl)c3c(c2)OCCCO3)c(=O)c(C#N)c1C. The molecule has 0 fully saturated rings. The van der Waals surface area contributed by atoms with E-state index in [1.807, 2.05) is 18.2 Å². The van der Waals surface area contributed by atoms with Gasteiger partial charge in [-0.3, -0.25) is 4.79 Å². The predicted molar refractivity (Wildman–Crippen MR) is 93.4 cm³/mol. The van der Waals surface area contributed by atoms with Crippen molar-refractivity contribution in [3.8, 4) is 17.6 Å². The molecule has 1 aromatic heterocycles. The second kappa shape index (κ2) is 7.16. The lowest BCUT2D eigenvalue weighted by Gasteiger charge is -2.12. The van der Waals surface area contributed by atoms with Crippen molar-refractivity contribution in [3.63, 3.8) is 0 Å². The van der Waals surface area contributed by atoms with Gasteiger partial charge in [0, 0.05) is 13.0 Å². The van der Waals surface area contributed by atoms with Crippen LogP contribution in [-0.2, 0) is 13.0 Å². The Labute approximate surface area is 150 Å². The van der Waals surface area contributed by atoms with Gasteiger partial charge in [-0.1, -0.05) is 11.6 Å². The van der Waals surface area contributed by atoms with Gasteiger partial charge < -0.3 is 9.47 Å². The first kappa shape index (κ1) is 17.3. The van der Waals surface area contributed by atoms with Crippen LogP contribution in [0.25, 0.3) is 0 Å². The molecule has 1 aromatic carbocycles. The van der Waals surface area contributed by atoms with Crippen LogP contribution in [0.15, 0.2) is 16.9 Å². The average Bonchev–Trinajstić information content (AvgIpc) is 2.83. The molecule has 0 spiro atoms. The molecule has 1 aliphatic rings. The number of rotatable bonds is 3. The van der Waals surface area contributed by atoms with Crippen molar-refractivity contribution in [3.05, 3.63) is 49.9 Å². The lowest BCUT2D eigenvalue weighted by molar-refractivity contribution is 0.297. The molecule has 3 rings (SSSR count). The number of hydrogen-bond donors (Lipinski definition) is 0. The third-order valence-corrected chi connectivity index (χ3v) is 4.50. The molecule has 2 aromatic rings. The molecule has 25 heavy (non-hydrogen) atoms. The summed E-state index contributed by atoms with van der Waals surface area (Å²) in [5.41, 5.74) is 1.99. The Bertz CT molecular complexity index is 915. The van der Waals surface area contributed by atoms with E-state index in [0.717, 1.165) is 12.0 Å². The number of aromatic nitrogens is 2. The van der Waals surface area contributed by atoms with E-state index in [4.69, 9.17) is 21.1 Å². The summed E-state index contributed by atoms with van der Waals surface area (Å²) in [4.78, 5) is 12.3. The van der Waals surface area contributed by atoms with E-state index >= 15 is 0 Å². The Hall–Kier alpha value is -2.52. The summed E-state index contributed by atoms with van der Waals surface area (Å²) < 4.78 is 12.6. The van der Waals surface area contributed by atoms with Crippen LogP contribution in [0.5, 0.6) is 11.5 Å². The molecule has 130 valence electrons. The highest BCUT2D eigenvalue weighted by molar-refractivity contribution is 6.32. The molecule has 6 nitrogen and oxygen atoms in total. The summed E-state index contributed by atoms with van der Waals surface area (Å²) in [5.74, 6) is 1.19. The Balaban J connectivity index is 1.87. The summed E-state index contributed by atoms with van der Waals surface area (Å²) in [6.45, 7) is 5.03. The molecule has 7 heteroatoms. The zero-order valence-corrected chi connectivity index (χ0v) is 14.9. The van der Waals surface area contributed by atoms with E-state index in [1.54, 1.807) is 13.8 Å². The van der Waals surface area contributed by atoms with Crippen LogP contribution in [0.4, 0.5) is 0 Å². The fraction of sp³-hybridized carbons (Fsp3) is 0.389. The van der Waals surface area contributed by atoms with Crippen molar-refractivity contribution in [1.29, 1.82) is 5.26 Å². The topological polar surface area (TPSA) is 77.1 Å². The molecule has 0 saturated heterocycles. The largest absolute Gasteiger partial charge is 0.489 e. The lowest BCUT2D eigenvalue weighted by atomic mass is 10.1. The maximum absolute atomic E-state index is 12.3. The maximum Gasteiger partial charge on any atom is 0.284 e. The van der Waals surface area contributed by atoms with Gasteiger partial charge in [-0.2, -0.15) is 10.4 Å². The minimum atomic E-state index is -0.369. The van der Waals surface area contributed by atoms with E-state index in [0.29, 0.717) is 54.0 Å². The van der Waals surface area contributed by atoms with Crippen LogP contribution in [0, 0.1) is 25.2 Å². The minimum Gasteiger partial charge on any atom is -0.489 e. The van der Waals surface area contributed by atoms with Crippen LogP contribution >= 0.6 is 11.6 Å². The molecular formula is C18H18ClN3O3. The van der Waals surface area contributed by atoms with Crippen LogP contribution in [0.1, 0.15) is 28.8 Å². The zero-order valence-electron chi connectivity index (χ0n) is 14.1. The number of aryl methyl sites for hydroxylation is 3. The van der Waals surface area contributed by atoms with Crippen molar-refractivity contribution in [1.82, 2.24) is 9.78 Å². The van der Waals surface area contributed by atoms with Gasteiger partial charge in [-0.15, -0.1) is 0 Å². The molecule has 0 N–H and O–H groups in total. The molecule has 0 radical (unpaired) electrons. The van der Waals surface area contributed by atoms with Crippen molar-refractivity contribution in [2.24, 2.45) is 0 Å². The Kier molecular flexibility index (Phi) is 4.95. The molecule has 1 aliphatic heterocycles. The number of nitrogens with zero attached hydrogens (tertiary/aromatic N) is 3. The minimum absolute atomic E-state index is 0.143. The summed E-state index contributed by atoms with van der Waals surface area (Å²) in [7, 11) is 0. The first-order valence-electron chi connectivity index (χ1n) is 8.07. The molecule has 0 saturated carbocycles. The summed E-state index contributed by atoms with van der Waals surface area (Å²) in [5, 5.41) is 14.0. The van der Waals surface area contributed by atoms with Crippen molar-refractivity contribution >= 4 is 11.6 Å². The normalized spacial score (nSPS) is 13.2. The third kappa shape index (κ3) is 3.47. The molecule has 0 unspecified atom stereocenters. The number of ether oxygens (including phenoxy) is 2. The summed E-state index contributed by atoms with van der Waals surface area (Å²) >= 11 is 6.29. The maximum atomic E-state index is 12.3. The van der Waals surface area contributed by atoms with E-state index in [1.165, 1.54) is 4.68 Å². The Morgan fingerprint density at radius 1 is 1.32 bits per heavy atom. The smallest absolute Gasteiger partial charge is 0.284 e. The molecular weight excluding hydrogens is 342 g/mol. The second-order valence-electron chi connectivity index (χ2n) is 5.93.